The van der Waals surface area contributed by atoms with E-state index in [0.717, 1.165) is 39.1 Å². The molecule has 48 heavy (non-hydrogen) atoms. The van der Waals surface area contributed by atoms with Gasteiger partial charge in [0.25, 0.3) is 5.91 Å². The first-order valence-electron chi connectivity index (χ1n) is 15.8. The Kier molecular flexibility index (Phi) is 8.37. The van der Waals surface area contributed by atoms with E-state index < -0.39 is 11.6 Å². The molecule has 1 N–H and O–H groups in total. The quantitative estimate of drug-likeness (QED) is 0.172. The number of esters is 1. The van der Waals surface area contributed by atoms with E-state index in [1.54, 1.807) is 0 Å². The van der Waals surface area contributed by atoms with Gasteiger partial charge in [0.15, 0.2) is 10.8 Å². The summed E-state index contributed by atoms with van der Waals surface area (Å²) in [7, 11) is 0. The van der Waals surface area contributed by atoms with Crippen LogP contribution in [-0.2, 0) is 17.7 Å². The lowest BCUT2D eigenvalue weighted by Crippen LogP contribution is -2.33. The van der Waals surface area contributed by atoms with Crippen LogP contribution in [0.2, 0.25) is 0 Å². The monoisotopic (exact) mass is 654 g/mol. The van der Waals surface area contributed by atoms with Crippen LogP contribution in [0.15, 0.2) is 109 Å². The molecule has 4 aromatic carbocycles. The van der Waals surface area contributed by atoms with Crippen molar-refractivity contribution >= 4 is 44.4 Å². The number of hydrogen-bond donors (Lipinski definition) is 1. The summed E-state index contributed by atoms with van der Waals surface area (Å²) in [6.07, 6.45) is 0.728. The molecule has 0 fully saturated rings. The van der Waals surface area contributed by atoms with Gasteiger partial charge in [0, 0.05) is 24.2 Å². The lowest BCUT2D eigenvalue weighted by atomic mass is 9.94. The van der Waals surface area contributed by atoms with E-state index in [4.69, 9.17) is 14.5 Å². The number of anilines is 2. The fraction of sp³-hybridized carbons (Fsp3) is 0.179. The van der Waals surface area contributed by atoms with Gasteiger partial charge in [0.2, 0.25) is 0 Å². The van der Waals surface area contributed by atoms with Crippen molar-refractivity contribution in [3.63, 3.8) is 0 Å². The van der Waals surface area contributed by atoms with Crippen molar-refractivity contribution in [2.75, 3.05) is 16.8 Å². The third-order valence-corrected chi connectivity index (χ3v) is 8.92. The second-order valence-corrected chi connectivity index (χ2v) is 13.6. The van der Waals surface area contributed by atoms with Crippen LogP contribution in [0.4, 0.5) is 10.9 Å². The maximum absolute atomic E-state index is 13.6. The fourth-order valence-corrected chi connectivity index (χ4v) is 6.61. The normalized spacial score (nSPS) is 12.8. The number of rotatable bonds is 7. The van der Waals surface area contributed by atoms with Crippen molar-refractivity contribution in [2.45, 2.75) is 39.3 Å². The van der Waals surface area contributed by atoms with Crippen molar-refractivity contribution in [1.82, 2.24) is 9.97 Å². The highest BCUT2D eigenvalue weighted by Crippen LogP contribution is 2.33. The molecule has 0 saturated carbocycles. The van der Waals surface area contributed by atoms with Crippen LogP contribution in [0.25, 0.3) is 21.3 Å². The summed E-state index contributed by atoms with van der Waals surface area (Å²) >= 11 is 1.45. The second-order valence-electron chi connectivity index (χ2n) is 12.6. The minimum Gasteiger partial charge on any atom is -0.457 e. The van der Waals surface area contributed by atoms with E-state index in [9.17, 15) is 9.59 Å². The predicted molar refractivity (Wildman–Crippen MR) is 190 cm³/mol. The maximum atomic E-state index is 13.6. The number of pyridine rings is 1. The zero-order valence-corrected chi connectivity index (χ0v) is 27.7. The Morgan fingerprint density at radius 3 is 2.33 bits per heavy atom. The first-order chi connectivity index (χ1) is 23.2. The average Bonchev–Trinajstić information content (AvgIpc) is 3.50. The third-order valence-electron chi connectivity index (χ3n) is 7.97. The summed E-state index contributed by atoms with van der Waals surface area (Å²) in [6, 6.07) is 34.6. The van der Waals surface area contributed by atoms with Crippen LogP contribution in [0.1, 0.15) is 52.7 Å². The standard InChI is InChI=1S/C39H34N4O4S/c1-39(2,3)47-37(45)35-29(26-16-18-28(19-17-26)46-27-11-5-4-6-12-27)20-21-34(41-35)43-23-22-25-10-9-13-30(31(25)24-43)36(44)42-38-40-32-14-7-8-15-33(32)48-38/h4-21H,22-24H2,1-3H3,(H,40,42,44). The van der Waals surface area contributed by atoms with E-state index >= 15 is 0 Å². The Morgan fingerprint density at radius 2 is 1.56 bits per heavy atom. The van der Waals surface area contributed by atoms with Crippen molar-refractivity contribution in [3.8, 4) is 22.6 Å². The van der Waals surface area contributed by atoms with Gasteiger partial charge >= 0.3 is 5.97 Å². The number of hydrogen-bond acceptors (Lipinski definition) is 8. The van der Waals surface area contributed by atoms with Crippen LogP contribution >= 0.6 is 11.3 Å². The molecular formula is C39H34N4O4S. The topological polar surface area (TPSA) is 93.7 Å². The van der Waals surface area contributed by atoms with Gasteiger partial charge in [0.1, 0.15) is 22.9 Å². The third kappa shape index (κ3) is 6.77. The van der Waals surface area contributed by atoms with Gasteiger partial charge in [0.05, 0.1) is 10.2 Å². The van der Waals surface area contributed by atoms with Crippen LogP contribution in [-0.4, -0.2) is 34.0 Å². The van der Waals surface area contributed by atoms with Gasteiger partial charge in [-0.25, -0.2) is 14.8 Å². The summed E-state index contributed by atoms with van der Waals surface area (Å²) in [5.41, 5.74) is 4.50. The van der Waals surface area contributed by atoms with Gasteiger partial charge < -0.3 is 14.4 Å². The Balaban J connectivity index is 1.17. The summed E-state index contributed by atoms with van der Waals surface area (Å²) < 4.78 is 12.8. The number of carbonyl (C=O) groups excluding carboxylic acids is 2. The molecule has 0 aliphatic carbocycles. The highest BCUT2D eigenvalue weighted by atomic mass is 32.1. The van der Waals surface area contributed by atoms with Gasteiger partial charge in [-0.05, 0) is 98.5 Å². The highest BCUT2D eigenvalue weighted by Gasteiger charge is 2.27. The number of carbonyl (C=O) groups is 2. The minimum absolute atomic E-state index is 0.204. The molecule has 240 valence electrons. The Bertz CT molecular complexity index is 2090. The molecule has 0 unspecified atom stereocenters. The van der Waals surface area contributed by atoms with Crippen LogP contribution < -0.4 is 15.0 Å². The van der Waals surface area contributed by atoms with E-state index in [-0.39, 0.29) is 11.6 Å². The molecule has 0 bridgehead atoms. The van der Waals surface area contributed by atoms with Crippen LogP contribution in [0.3, 0.4) is 0 Å². The number of amides is 1. The molecular weight excluding hydrogens is 621 g/mol. The van der Waals surface area contributed by atoms with E-state index in [2.05, 4.69) is 21.3 Å². The molecule has 0 saturated heterocycles. The molecule has 6 aromatic rings. The van der Waals surface area contributed by atoms with E-state index in [1.165, 1.54) is 11.3 Å². The molecule has 0 spiro atoms. The minimum atomic E-state index is -0.699. The number of benzene rings is 4. The molecule has 0 radical (unpaired) electrons. The Hall–Kier alpha value is -5.54. The van der Waals surface area contributed by atoms with E-state index in [0.29, 0.717) is 40.9 Å². The first-order valence-corrected chi connectivity index (χ1v) is 16.6. The number of aromatic nitrogens is 2. The number of para-hydroxylation sites is 2. The molecule has 8 nitrogen and oxygen atoms in total. The van der Waals surface area contributed by atoms with Gasteiger partial charge in [-0.3, -0.25) is 10.1 Å². The van der Waals surface area contributed by atoms with Crippen molar-refractivity contribution in [1.29, 1.82) is 0 Å². The van der Waals surface area contributed by atoms with Gasteiger partial charge in [-0.2, -0.15) is 0 Å². The summed E-state index contributed by atoms with van der Waals surface area (Å²) in [4.78, 5) is 38.7. The molecule has 7 rings (SSSR count). The SMILES string of the molecule is CC(C)(C)OC(=O)c1nc(N2CCc3cccc(C(=O)Nc4nc5ccccc5s4)c3C2)ccc1-c1ccc(Oc2ccccc2)cc1. The molecule has 1 amide bonds. The first kappa shape index (κ1) is 31.1. The van der Waals surface area contributed by atoms with Crippen molar-refractivity contribution in [3.05, 3.63) is 132 Å². The number of thiazole rings is 1. The maximum Gasteiger partial charge on any atom is 0.358 e. The van der Waals surface area contributed by atoms with Crippen LogP contribution in [0, 0.1) is 0 Å². The van der Waals surface area contributed by atoms with Crippen LogP contribution in [0.5, 0.6) is 11.5 Å². The number of fused-ring (bicyclic) bond motifs is 2. The lowest BCUT2D eigenvalue weighted by Gasteiger charge is -2.31. The molecule has 0 atom stereocenters. The van der Waals surface area contributed by atoms with Crippen molar-refractivity contribution < 1.29 is 19.1 Å². The summed E-state index contributed by atoms with van der Waals surface area (Å²) in [6.45, 7) is 6.66. The predicted octanol–water partition coefficient (Wildman–Crippen LogP) is 8.92. The zero-order chi connectivity index (χ0) is 33.3. The number of ether oxygens (including phenoxy) is 2. The lowest BCUT2D eigenvalue weighted by molar-refractivity contribution is 0.00638. The van der Waals surface area contributed by atoms with Gasteiger partial charge in [-0.1, -0.05) is 65.9 Å². The molecule has 1 aliphatic heterocycles. The summed E-state index contributed by atoms with van der Waals surface area (Å²) in [5, 5.41) is 3.57. The zero-order valence-electron chi connectivity index (χ0n) is 26.9. The Labute approximate surface area is 283 Å². The molecule has 3 heterocycles. The Morgan fingerprint density at radius 1 is 0.812 bits per heavy atom. The fourth-order valence-electron chi connectivity index (χ4n) is 5.75. The number of nitrogens with one attached hydrogen (secondary N) is 1. The van der Waals surface area contributed by atoms with Gasteiger partial charge in [-0.15, -0.1) is 0 Å². The largest absolute Gasteiger partial charge is 0.457 e. The second kappa shape index (κ2) is 12.9. The molecule has 1 aliphatic rings. The molecule has 2 aromatic heterocycles. The highest BCUT2D eigenvalue weighted by molar-refractivity contribution is 7.22. The molecule has 9 heteroatoms. The summed E-state index contributed by atoms with van der Waals surface area (Å²) in [5.74, 6) is 1.35. The smallest absolute Gasteiger partial charge is 0.358 e. The van der Waals surface area contributed by atoms with Crippen molar-refractivity contribution in [2.24, 2.45) is 0 Å². The number of nitrogens with zero attached hydrogens (tertiary/aromatic N) is 3. The van der Waals surface area contributed by atoms with E-state index in [1.807, 2.05) is 124 Å². The average molecular weight is 655 g/mol.